The number of hydrogen-bond donors (Lipinski definition) is 1. The lowest BCUT2D eigenvalue weighted by Crippen LogP contribution is -2.43. The lowest BCUT2D eigenvalue weighted by molar-refractivity contribution is 0.0175. The molecule has 0 saturated carbocycles. The molecular weight excluding hydrogens is 468 g/mol. The summed E-state index contributed by atoms with van der Waals surface area (Å²) in [5.74, 6) is 2.25. The van der Waals surface area contributed by atoms with Crippen LogP contribution in [0.5, 0.6) is 5.75 Å². The van der Waals surface area contributed by atoms with E-state index in [9.17, 15) is 4.79 Å². The molecule has 0 aromatic carbocycles. The van der Waals surface area contributed by atoms with Crippen molar-refractivity contribution in [2.24, 2.45) is 5.92 Å². The van der Waals surface area contributed by atoms with Crippen LogP contribution in [0.15, 0.2) is 6.20 Å². The average Bonchev–Trinajstić information content (AvgIpc) is 3.13. The first-order valence-electron chi connectivity index (χ1n) is 12.0. The van der Waals surface area contributed by atoms with E-state index in [4.69, 9.17) is 26.8 Å². The minimum Gasteiger partial charge on any atom is -0.496 e. The molecule has 190 valence electrons. The predicted molar refractivity (Wildman–Crippen MR) is 136 cm³/mol. The van der Waals surface area contributed by atoms with Crippen LogP contribution in [0.2, 0.25) is 5.15 Å². The van der Waals surface area contributed by atoms with Crippen molar-refractivity contribution in [3.8, 4) is 5.75 Å². The first kappa shape index (κ1) is 25.3. The van der Waals surface area contributed by atoms with Crippen LogP contribution in [-0.2, 0) is 11.3 Å². The summed E-state index contributed by atoms with van der Waals surface area (Å²) in [6, 6.07) is 0. The highest BCUT2D eigenvalue weighted by atomic mass is 35.5. The van der Waals surface area contributed by atoms with Crippen molar-refractivity contribution < 1.29 is 14.3 Å². The van der Waals surface area contributed by atoms with Gasteiger partial charge < -0.3 is 25.0 Å². The minimum absolute atomic E-state index is 0.145. The van der Waals surface area contributed by atoms with Gasteiger partial charge in [0.05, 0.1) is 19.3 Å². The summed E-state index contributed by atoms with van der Waals surface area (Å²) in [5, 5.41) is 0.403. The number of pyridine rings is 1. The van der Waals surface area contributed by atoms with Crippen LogP contribution in [0.4, 0.5) is 16.6 Å². The van der Waals surface area contributed by atoms with Gasteiger partial charge in [-0.3, -0.25) is 4.98 Å². The van der Waals surface area contributed by atoms with Gasteiger partial charge in [-0.05, 0) is 53.4 Å². The van der Waals surface area contributed by atoms with Crippen molar-refractivity contribution in [3.05, 3.63) is 33.7 Å². The highest BCUT2D eigenvalue weighted by Gasteiger charge is 2.40. The molecule has 2 aliphatic rings. The Morgan fingerprint density at radius 1 is 1.23 bits per heavy atom. The summed E-state index contributed by atoms with van der Waals surface area (Å²) >= 11 is 6.63. The molecule has 1 saturated heterocycles. The Hall–Kier alpha value is -2.81. The number of amides is 1. The quantitative estimate of drug-likeness (QED) is 0.609. The molecule has 2 N–H and O–H groups in total. The molecule has 9 nitrogen and oxygen atoms in total. The Kier molecular flexibility index (Phi) is 6.99. The van der Waals surface area contributed by atoms with Gasteiger partial charge in [-0.1, -0.05) is 11.6 Å². The molecule has 1 atom stereocenters. The highest BCUT2D eigenvalue weighted by molar-refractivity contribution is 6.30. The first-order chi connectivity index (χ1) is 16.5. The number of methoxy groups -OCH3 is 1. The number of rotatable bonds is 4. The fourth-order valence-corrected chi connectivity index (χ4v) is 5.48. The number of ether oxygens (including phenoxy) is 2. The predicted octanol–water partition coefficient (Wildman–Crippen LogP) is 4.48. The second-order valence-electron chi connectivity index (χ2n) is 10.4. The number of likely N-dealkylation sites (tertiary alicyclic amines) is 1. The third kappa shape index (κ3) is 5.24. The molecule has 10 heteroatoms. The van der Waals surface area contributed by atoms with Crippen molar-refractivity contribution in [1.82, 2.24) is 19.9 Å². The van der Waals surface area contributed by atoms with Crippen LogP contribution in [0, 0.1) is 19.8 Å². The number of carbonyl (C=O) groups excluding carboxylic acids is 1. The lowest BCUT2D eigenvalue weighted by Gasteiger charge is -2.36. The number of piperidine rings is 1. The van der Waals surface area contributed by atoms with E-state index in [1.807, 2.05) is 40.8 Å². The van der Waals surface area contributed by atoms with Gasteiger partial charge in [0.15, 0.2) is 0 Å². The Morgan fingerprint density at radius 3 is 2.54 bits per heavy atom. The monoisotopic (exact) mass is 502 g/mol. The number of halogens is 1. The van der Waals surface area contributed by atoms with Crippen molar-refractivity contribution in [2.75, 3.05) is 37.4 Å². The SMILES string of the molecule is COc1c(C)cnc(CN2CC(C3CCN(C(=O)OC(C)(C)C)CC3)c3c(Cl)nc(N)nc32)c1C. The molecule has 35 heavy (non-hydrogen) atoms. The van der Waals surface area contributed by atoms with Crippen LogP contribution in [0.3, 0.4) is 0 Å². The third-order valence-electron chi connectivity index (χ3n) is 6.83. The van der Waals surface area contributed by atoms with E-state index in [1.54, 1.807) is 12.0 Å². The van der Waals surface area contributed by atoms with Crippen molar-refractivity contribution in [3.63, 3.8) is 0 Å². The molecule has 4 rings (SSSR count). The number of hydrogen-bond acceptors (Lipinski definition) is 8. The number of aromatic nitrogens is 3. The maximum absolute atomic E-state index is 12.5. The Labute approximate surface area is 212 Å². The molecule has 2 aliphatic heterocycles. The number of nitrogens with zero attached hydrogens (tertiary/aromatic N) is 5. The molecule has 1 amide bonds. The Morgan fingerprint density at radius 2 is 1.91 bits per heavy atom. The lowest BCUT2D eigenvalue weighted by atomic mass is 9.82. The van der Waals surface area contributed by atoms with Gasteiger partial charge >= 0.3 is 6.09 Å². The average molecular weight is 503 g/mol. The highest BCUT2D eigenvalue weighted by Crippen LogP contribution is 2.46. The first-order valence-corrected chi connectivity index (χ1v) is 12.4. The minimum atomic E-state index is -0.506. The second kappa shape index (κ2) is 9.68. The zero-order valence-corrected chi connectivity index (χ0v) is 22.1. The Bertz CT molecular complexity index is 1110. The van der Waals surface area contributed by atoms with Gasteiger partial charge in [0.1, 0.15) is 22.3 Å². The summed E-state index contributed by atoms with van der Waals surface area (Å²) < 4.78 is 11.2. The largest absolute Gasteiger partial charge is 0.496 e. The molecule has 0 spiro atoms. The van der Waals surface area contributed by atoms with E-state index in [-0.39, 0.29) is 18.0 Å². The van der Waals surface area contributed by atoms with Gasteiger partial charge in [-0.25, -0.2) is 9.78 Å². The van der Waals surface area contributed by atoms with Gasteiger partial charge in [-0.15, -0.1) is 0 Å². The summed E-state index contributed by atoms with van der Waals surface area (Å²) in [4.78, 5) is 30.0. The van der Waals surface area contributed by atoms with Crippen molar-refractivity contribution in [1.29, 1.82) is 0 Å². The third-order valence-corrected chi connectivity index (χ3v) is 7.12. The molecule has 1 unspecified atom stereocenters. The molecule has 2 aromatic rings. The fraction of sp³-hybridized carbons (Fsp3) is 0.600. The number of nitrogen functional groups attached to an aromatic ring is 1. The second-order valence-corrected chi connectivity index (χ2v) is 10.8. The zero-order valence-electron chi connectivity index (χ0n) is 21.4. The zero-order chi connectivity index (χ0) is 25.5. The van der Waals surface area contributed by atoms with E-state index >= 15 is 0 Å². The van der Waals surface area contributed by atoms with E-state index in [0.29, 0.717) is 30.7 Å². The number of nitrogens with two attached hydrogens (primary N) is 1. The van der Waals surface area contributed by atoms with Crippen LogP contribution in [0.25, 0.3) is 0 Å². The molecule has 1 fully saturated rings. The summed E-state index contributed by atoms with van der Waals surface area (Å²) in [6.07, 6.45) is 3.29. The van der Waals surface area contributed by atoms with E-state index in [2.05, 4.69) is 19.9 Å². The topological polar surface area (TPSA) is 107 Å². The van der Waals surface area contributed by atoms with Crippen molar-refractivity contribution in [2.45, 2.75) is 65.5 Å². The van der Waals surface area contributed by atoms with E-state index in [0.717, 1.165) is 53.3 Å². The molecule has 0 bridgehead atoms. The maximum Gasteiger partial charge on any atom is 0.410 e. The fourth-order valence-electron chi connectivity index (χ4n) is 5.17. The molecular formula is C25H35ClN6O3. The van der Waals surface area contributed by atoms with Crippen LogP contribution < -0.4 is 15.4 Å². The smallest absolute Gasteiger partial charge is 0.410 e. The molecule has 4 heterocycles. The molecule has 0 aliphatic carbocycles. The maximum atomic E-state index is 12.5. The van der Waals surface area contributed by atoms with Crippen LogP contribution in [0.1, 0.15) is 61.9 Å². The molecule has 0 radical (unpaired) electrons. The van der Waals surface area contributed by atoms with Gasteiger partial charge in [0.2, 0.25) is 5.95 Å². The summed E-state index contributed by atoms with van der Waals surface area (Å²) in [7, 11) is 1.68. The van der Waals surface area contributed by atoms with Gasteiger partial charge in [-0.2, -0.15) is 4.98 Å². The summed E-state index contributed by atoms with van der Waals surface area (Å²) in [6.45, 7) is 12.3. The number of aryl methyl sites for hydroxylation is 1. The van der Waals surface area contributed by atoms with Crippen LogP contribution in [-0.4, -0.2) is 58.3 Å². The number of anilines is 2. The van der Waals surface area contributed by atoms with Crippen molar-refractivity contribution >= 4 is 29.5 Å². The number of fused-ring (bicyclic) bond motifs is 1. The van der Waals surface area contributed by atoms with E-state index in [1.165, 1.54) is 0 Å². The van der Waals surface area contributed by atoms with E-state index < -0.39 is 5.60 Å². The standard InChI is InChI=1S/C25H35ClN6O3/c1-14-11-28-18(15(2)20(14)34-6)13-32-12-17(19-21(26)29-23(27)30-22(19)32)16-7-9-31(10-8-16)24(33)35-25(3,4)5/h11,16-17H,7-10,12-13H2,1-6H3,(H2,27,29,30). The number of carbonyl (C=O) groups is 1. The molecule has 2 aromatic heterocycles. The van der Waals surface area contributed by atoms with Crippen LogP contribution >= 0.6 is 11.6 Å². The normalized spacial score (nSPS) is 18.5. The van der Waals surface area contributed by atoms with Gasteiger partial charge in [0.25, 0.3) is 0 Å². The van der Waals surface area contributed by atoms with Gasteiger partial charge in [0, 0.05) is 48.4 Å². The Balaban J connectivity index is 1.55. The summed E-state index contributed by atoms with van der Waals surface area (Å²) in [5.41, 5.74) is 9.35.